The van der Waals surface area contributed by atoms with Crippen LogP contribution in [0, 0.1) is 5.82 Å². The molecule has 1 aromatic carbocycles. The molecule has 100 valence electrons. The second kappa shape index (κ2) is 6.80. The zero-order valence-electron chi connectivity index (χ0n) is 10.4. The van der Waals surface area contributed by atoms with Gasteiger partial charge >= 0.3 is 0 Å². The number of hydrogen-bond acceptors (Lipinski definition) is 4. The first-order valence-electron chi connectivity index (χ1n) is 5.57. The summed E-state index contributed by atoms with van der Waals surface area (Å²) in [6.45, 7) is 4.45. The number of rotatable bonds is 6. The molecule has 1 aromatic rings. The van der Waals surface area contributed by atoms with Crippen LogP contribution in [0.1, 0.15) is 19.4 Å². The Balaban J connectivity index is 2.73. The Kier molecular flexibility index (Phi) is 5.38. The Labute approximate surface area is 105 Å². The Morgan fingerprint density at radius 3 is 2.78 bits per heavy atom. The van der Waals surface area contributed by atoms with Crippen LogP contribution in [0.4, 0.5) is 4.39 Å². The Morgan fingerprint density at radius 1 is 1.44 bits per heavy atom. The third-order valence-corrected chi connectivity index (χ3v) is 2.13. The molecule has 18 heavy (non-hydrogen) atoms. The molecule has 1 rings (SSSR count). The second-order valence-corrected chi connectivity index (χ2v) is 3.87. The van der Waals surface area contributed by atoms with Gasteiger partial charge < -0.3 is 20.4 Å². The van der Waals surface area contributed by atoms with Crippen molar-refractivity contribution < 1.29 is 19.1 Å². The largest absolute Gasteiger partial charge is 0.490 e. The van der Waals surface area contributed by atoms with Crippen LogP contribution < -0.4 is 10.5 Å². The Hall–Kier alpha value is -1.82. The zero-order valence-corrected chi connectivity index (χ0v) is 10.4. The number of halogens is 1. The molecule has 0 saturated heterocycles. The zero-order chi connectivity index (χ0) is 13.5. The highest BCUT2D eigenvalue weighted by Gasteiger charge is 2.14. The average molecular weight is 256 g/mol. The Bertz CT molecular complexity index is 422. The van der Waals surface area contributed by atoms with Gasteiger partial charge in [-0.15, -0.1) is 0 Å². The highest BCUT2D eigenvalue weighted by molar-refractivity contribution is 5.99. The summed E-state index contributed by atoms with van der Waals surface area (Å²) >= 11 is 0. The van der Waals surface area contributed by atoms with E-state index in [9.17, 15) is 4.39 Å². The van der Waals surface area contributed by atoms with Crippen molar-refractivity contribution in [2.24, 2.45) is 10.9 Å². The maximum atomic E-state index is 13.5. The van der Waals surface area contributed by atoms with Gasteiger partial charge in [0.25, 0.3) is 0 Å². The summed E-state index contributed by atoms with van der Waals surface area (Å²) < 4.78 is 24.2. The summed E-state index contributed by atoms with van der Waals surface area (Å²) in [6, 6.07) is 4.25. The lowest BCUT2D eigenvalue weighted by Gasteiger charge is -2.12. The van der Waals surface area contributed by atoms with Gasteiger partial charge in [-0.25, -0.2) is 4.39 Å². The van der Waals surface area contributed by atoms with Gasteiger partial charge in [0.2, 0.25) is 0 Å². The highest BCUT2D eigenvalue weighted by Crippen LogP contribution is 2.21. The molecule has 0 amide bonds. The number of nitrogens with zero attached hydrogens (tertiary/aromatic N) is 1. The van der Waals surface area contributed by atoms with E-state index in [0.29, 0.717) is 6.61 Å². The molecule has 0 bridgehead atoms. The van der Waals surface area contributed by atoms with E-state index in [4.69, 9.17) is 20.4 Å². The molecule has 0 atom stereocenters. The third-order valence-electron chi connectivity index (χ3n) is 2.13. The topological polar surface area (TPSA) is 77.1 Å². The van der Waals surface area contributed by atoms with Crippen molar-refractivity contribution in [3.05, 3.63) is 29.6 Å². The number of benzene rings is 1. The van der Waals surface area contributed by atoms with Gasteiger partial charge in [0, 0.05) is 0 Å². The molecule has 0 aliphatic heterocycles. The van der Waals surface area contributed by atoms with Crippen molar-refractivity contribution in [1.82, 2.24) is 0 Å². The SMILES string of the molecule is CC(C)OCCOc1cccc(F)c1C(N)=NO. The van der Waals surface area contributed by atoms with E-state index in [1.807, 2.05) is 13.8 Å². The lowest BCUT2D eigenvalue weighted by molar-refractivity contribution is 0.0551. The van der Waals surface area contributed by atoms with Crippen LogP contribution >= 0.6 is 0 Å². The minimum Gasteiger partial charge on any atom is -0.490 e. The maximum Gasteiger partial charge on any atom is 0.176 e. The molecule has 0 aliphatic rings. The molecule has 0 heterocycles. The third kappa shape index (κ3) is 3.89. The molecular weight excluding hydrogens is 239 g/mol. The molecule has 0 saturated carbocycles. The van der Waals surface area contributed by atoms with Gasteiger partial charge in [0.15, 0.2) is 5.84 Å². The van der Waals surface area contributed by atoms with Crippen LogP contribution in [0.25, 0.3) is 0 Å². The number of nitrogens with two attached hydrogens (primary N) is 1. The summed E-state index contributed by atoms with van der Waals surface area (Å²) in [5.41, 5.74) is 5.35. The van der Waals surface area contributed by atoms with Crippen LogP contribution in [0.15, 0.2) is 23.4 Å². The van der Waals surface area contributed by atoms with Crippen LogP contribution in [0.2, 0.25) is 0 Å². The number of hydrogen-bond donors (Lipinski definition) is 2. The van der Waals surface area contributed by atoms with Gasteiger partial charge in [-0.2, -0.15) is 0 Å². The fourth-order valence-electron chi connectivity index (χ4n) is 1.36. The molecule has 0 aliphatic carbocycles. The van der Waals surface area contributed by atoms with Crippen molar-refractivity contribution in [2.75, 3.05) is 13.2 Å². The van der Waals surface area contributed by atoms with E-state index in [1.165, 1.54) is 12.1 Å². The minimum atomic E-state index is -0.604. The van der Waals surface area contributed by atoms with Crippen molar-refractivity contribution in [3.63, 3.8) is 0 Å². The molecule has 3 N–H and O–H groups in total. The number of amidine groups is 1. The molecule has 0 aromatic heterocycles. The van der Waals surface area contributed by atoms with Crippen molar-refractivity contribution in [3.8, 4) is 5.75 Å². The van der Waals surface area contributed by atoms with Gasteiger partial charge in [0.05, 0.1) is 18.3 Å². The molecule has 6 heteroatoms. The lowest BCUT2D eigenvalue weighted by atomic mass is 10.1. The predicted octanol–water partition coefficient (Wildman–Crippen LogP) is 1.72. The van der Waals surface area contributed by atoms with Crippen LogP contribution in [0.5, 0.6) is 5.75 Å². The minimum absolute atomic E-state index is 0.0513. The predicted molar refractivity (Wildman–Crippen MR) is 65.5 cm³/mol. The lowest BCUT2D eigenvalue weighted by Crippen LogP contribution is -2.18. The van der Waals surface area contributed by atoms with Crippen LogP contribution in [-0.4, -0.2) is 30.4 Å². The number of oxime groups is 1. The van der Waals surface area contributed by atoms with Crippen molar-refractivity contribution >= 4 is 5.84 Å². The van der Waals surface area contributed by atoms with Crippen LogP contribution in [0.3, 0.4) is 0 Å². The highest BCUT2D eigenvalue weighted by atomic mass is 19.1. The fourth-order valence-corrected chi connectivity index (χ4v) is 1.36. The van der Waals surface area contributed by atoms with Crippen LogP contribution in [-0.2, 0) is 4.74 Å². The summed E-state index contributed by atoms with van der Waals surface area (Å²) in [5, 5.41) is 11.4. The number of ether oxygens (including phenoxy) is 2. The molecule has 5 nitrogen and oxygen atoms in total. The summed E-state index contributed by atoms with van der Waals surface area (Å²) in [6.07, 6.45) is 0.102. The average Bonchev–Trinajstić information content (AvgIpc) is 2.33. The van der Waals surface area contributed by atoms with Gasteiger partial charge in [-0.05, 0) is 26.0 Å². The van der Waals surface area contributed by atoms with E-state index in [-0.39, 0.29) is 29.9 Å². The van der Waals surface area contributed by atoms with E-state index in [0.717, 1.165) is 0 Å². The second-order valence-electron chi connectivity index (χ2n) is 3.87. The molecule has 0 radical (unpaired) electrons. The smallest absolute Gasteiger partial charge is 0.176 e. The Morgan fingerprint density at radius 2 is 2.17 bits per heavy atom. The molecule has 0 spiro atoms. The summed E-state index contributed by atoms with van der Waals surface area (Å²) in [4.78, 5) is 0. The van der Waals surface area contributed by atoms with Gasteiger partial charge in [-0.1, -0.05) is 11.2 Å². The van der Waals surface area contributed by atoms with Crippen molar-refractivity contribution in [2.45, 2.75) is 20.0 Å². The van der Waals surface area contributed by atoms with Crippen molar-refractivity contribution in [1.29, 1.82) is 0 Å². The molecule has 0 unspecified atom stereocenters. The summed E-state index contributed by atoms with van der Waals surface area (Å²) in [5.74, 6) is -0.710. The maximum absolute atomic E-state index is 13.5. The van der Waals surface area contributed by atoms with Gasteiger partial charge in [0.1, 0.15) is 18.2 Å². The van der Waals surface area contributed by atoms with E-state index >= 15 is 0 Å². The van der Waals surface area contributed by atoms with E-state index in [1.54, 1.807) is 6.07 Å². The first-order chi connectivity index (χ1) is 8.56. The van der Waals surface area contributed by atoms with Gasteiger partial charge in [-0.3, -0.25) is 0 Å². The first kappa shape index (κ1) is 14.2. The standard InChI is InChI=1S/C12H17FN2O3/c1-8(2)17-6-7-18-10-5-3-4-9(13)11(10)12(14)15-16/h3-5,8,16H,6-7H2,1-2H3,(H2,14,15). The van der Waals surface area contributed by atoms with E-state index in [2.05, 4.69) is 5.16 Å². The fraction of sp³-hybridized carbons (Fsp3) is 0.417. The van der Waals surface area contributed by atoms with E-state index < -0.39 is 5.82 Å². The normalized spacial score (nSPS) is 11.9. The molecular formula is C12H17FN2O3. The monoisotopic (exact) mass is 256 g/mol. The molecule has 0 fully saturated rings. The first-order valence-corrected chi connectivity index (χ1v) is 5.57. The summed E-state index contributed by atoms with van der Waals surface area (Å²) in [7, 11) is 0. The quantitative estimate of drug-likeness (QED) is 0.267.